The Kier molecular flexibility index (Phi) is 2.55. The van der Waals surface area contributed by atoms with Gasteiger partial charge in [0, 0.05) is 12.6 Å². The standard InChI is InChI=1S/C10H14N4O/c1-7-8(2)15-10(12-7)14-6-4-9(13-14)3-5-11/h4,6H,3,5,11H2,1-2H3. The molecule has 0 fully saturated rings. The third kappa shape index (κ3) is 1.92. The van der Waals surface area contributed by atoms with Gasteiger partial charge in [-0.05, 0) is 26.5 Å². The Labute approximate surface area is 87.9 Å². The summed E-state index contributed by atoms with van der Waals surface area (Å²) >= 11 is 0. The fourth-order valence-corrected chi connectivity index (χ4v) is 1.30. The van der Waals surface area contributed by atoms with E-state index in [9.17, 15) is 0 Å². The predicted molar refractivity (Wildman–Crippen MR) is 55.9 cm³/mol. The van der Waals surface area contributed by atoms with E-state index in [1.807, 2.05) is 26.1 Å². The first-order valence-corrected chi connectivity index (χ1v) is 4.89. The Morgan fingerprint density at radius 3 is 2.87 bits per heavy atom. The molecule has 0 atom stereocenters. The van der Waals surface area contributed by atoms with Crippen LogP contribution < -0.4 is 5.73 Å². The molecule has 0 aliphatic heterocycles. The molecule has 2 N–H and O–H groups in total. The van der Waals surface area contributed by atoms with E-state index < -0.39 is 0 Å². The van der Waals surface area contributed by atoms with Crippen molar-refractivity contribution >= 4 is 0 Å². The van der Waals surface area contributed by atoms with E-state index in [1.54, 1.807) is 4.68 Å². The van der Waals surface area contributed by atoms with Crippen LogP contribution in [0.2, 0.25) is 0 Å². The first-order chi connectivity index (χ1) is 7.20. The quantitative estimate of drug-likeness (QED) is 0.812. The minimum absolute atomic E-state index is 0.508. The summed E-state index contributed by atoms with van der Waals surface area (Å²) in [6, 6.07) is 2.43. The van der Waals surface area contributed by atoms with Crippen LogP contribution in [0.5, 0.6) is 0 Å². The molecule has 0 aliphatic rings. The fraction of sp³-hybridized carbons (Fsp3) is 0.400. The largest absolute Gasteiger partial charge is 0.427 e. The monoisotopic (exact) mass is 206 g/mol. The van der Waals surface area contributed by atoms with Crippen LogP contribution in [0.3, 0.4) is 0 Å². The van der Waals surface area contributed by atoms with E-state index in [2.05, 4.69) is 10.1 Å². The summed E-state index contributed by atoms with van der Waals surface area (Å²) in [6.07, 6.45) is 2.60. The first-order valence-electron chi connectivity index (χ1n) is 4.89. The zero-order chi connectivity index (χ0) is 10.8. The lowest BCUT2D eigenvalue weighted by Gasteiger charge is -1.92. The molecule has 0 amide bonds. The highest BCUT2D eigenvalue weighted by molar-refractivity contribution is 5.15. The average Bonchev–Trinajstić information content (AvgIpc) is 2.76. The van der Waals surface area contributed by atoms with Crippen LogP contribution in [0, 0.1) is 13.8 Å². The maximum Gasteiger partial charge on any atom is 0.323 e. The minimum Gasteiger partial charge on any atom is -0.427 e. The second-order valence-corrected chi connectivity index (χ2v) is 3.43. The van der Waals surface area contributed by atoms with E-state index in [-0.39, 0.29) is 0 Å². The molecule has 0 saturated heterocycles. The third-order valence-corrected chi connectivity index (χ3v) is 2.26. The van der Waals surface area contributed by atoms with Crippen molar-refractivity contribution < 1.29 is 4.42 Å². The van der Waals surface area contributed by atoms with Gasteiger partial charge in [0.2, 0.25) is 0 Å². The van der Waals surface area contributed by atoms with Crippen LogP contribution in [0.25, 0.3) is 6.01 Å². The van der Waals surface area contributed by atoms with Gasteiger partial charge in [-0.15, -0.1) is 0 Å². The van der Waals surface area contributed by atoms with E-state index >= 15 is 0 Å². The van der Waals surface area contributed by atoms with Gasteiger partial charge in [0.25, 0.3) is 0 Å². The second kappa shape index (κ2) is 3.86. The van der Waals surface area contributed by atoms with Gasteiger partial charge in [-0.1, -0.05) is 0 Å². The molecule has 0 unspecified atom stereocenters. The van der Waals surface area contributed by atoms with E-state index in [4.69, 9.17) is 10.2 Å². The van der Waals surface area contributed by atoms with Crippen molar-refractivity contribution in [3.8, 4) is 6.01 Å². The van der Waals surface area contributed by atoms with Gasteiger partial charge in [-0.2, -0.15) is 14.8 Å². The molecule has 0 aliphatic carbocycles. The Morgan fingerprint density at radius 1 is 1.47 bits per heavy atom. The van der Waals surface area contributed by atoms with Crippen LogP contribution >= 0.6 is 0 Å². The topological polar surface area (TPSA) is 69.9 Å². The lowest BCUT2D eigenvalue weighted by molar-refractivity contribution is 0.484. The number of aryl methyl sites for hydroxylation is 2. The highest BCUT2D eigenvalue weighted by atomic mass is 16.4. The second-order valence-electron chi connectivity index (χ2n) is 3.43. The Morgan fingerprint density at radius 2 is 2.27 bits per heavy atom. The van der Waals surface area contributed by atoms with Gasteiger partial charge >= 0.3 is 6.01 Å². The zero-order valence-corrected chi connectivity index (χ0v) is 8.90. The molecule has 5 heteroatoms. The van der Waals surface area contributed by atoms with Crippen LogP contribution in [0.15, 0.2) is 16.7 Å². The van der Waals surface area contributed by atoms with Crippen molar-refractivity contribution in [1.82, 2.24) is 14.8 Å². The van der Waals surface area contributed by atoms with Crippen molar-refractivity contribution in [2.75, 3.05) is 6.54 Å². The predicted octanol–water partition coefficient (Wildman–Crippen LogP) is 0.978. The Bertz CT molecular complexity index is 438. The van der Waals surface area contributed by atoms with Crippen LogP contribution in [-0.2, 0) is 6.42 Å². The van der Waals surface area contributed by atoms with Gasteiger partial charge in [0.1, 0.15) is 5.76 Å². The molecule has 0 bridgehead atoms. The maximum atomic E-state index is 5.45. The minimum atomic E-state index is 0.508. The number of hydrogen-bond donors (Lipinski definition) is 1. The molecule has 15 heavy (non-hydrogen) atoms. The third-order valence-electron chi connectivity index (χ3n) is 2.26. The van der Waals surface area contributed by atoms with Gasteiger partial charge in [0.05, 0.1) is 11.4 Å². The number of nitrogens with zero attached hydrogens (tertiary/aromatic N) is 3. The highest BCUT2D eigenvalue weighted by Crippen LogP contribution is 2.12. The molecular formula is C10H14N4O. The maximum absolute atomic E-state index is 5.45. The zero-order valence-electron chi connectivity index (χ0n) is 8.90. The smallest absolute Gasteiger partial charge is 0.323 e. The van der Waals surface area contributed by atoms with E-state index in [1.165, 1.54) is 0 Å². The number of aromatic nitrogens is 3. The van der Waals surface area contributed by atoms with Gasteiger partial charge in [-0.25, -0.2) is 0 Å². The summed E-state index contributed by atoms with van der Waals surface area (Å²) in [7, 11) is 0. The summed E-state index contributed by atoms with van der Waals surface area (Å²) in [5.74, 6) is 0.820. The van der Waals surface area contributed by atoms with E-state index in [0.717, 1.165) is 23.6 Å². The molecule has 0 radical (unpaired) electrons. The number of nitrogens with two attached hydrogens (primary N) is 1. The highest BCUT2D eigenvalue weighted by Gasteiger charge is 2.08. The summed E-state index contributed by atoms with van der Waals surface area (Å²) in [5, 5.41) is 4.31. The molecule has 80 valence electrons. The molecule has 5 nitrogen and oxygen atoms in total. The molecule has 2 aromatic heterocycles. The van der Waals surface area contributed by atoms with Crippen molar-refractivity contribution in [2.24, 2.45) is 5.73 Å². The summed E-state index contributed by atoms with van der Waals surface area (Å²) in [4.78, 5) is 4.26. The fourth-order valence-electron chi connectivity index (χ4n) is 1.30. The molecule has 2 rings (SSSR count). The molecule has 2 aromatic rings. The first kappa shape index (κ1) is 9.92. The normalized spacial score (nSPS) is 10.9. The van der Waals surface area contributed by atoms with Gasteiger partial charge in [-0.3, -0.25) is 0 Å². The summed E-state index contributed by atoms with van der Waals surface area (Å²) in [6.45, 7) is 4.39. The van der Waals surface area contributed by atoms with Gasteiger partial charge < -0.3 is 10.2 Å². The van der Waals surface area contributed by atoms with Gasteiger partial charge in [0.15, 0.2) is 0 Å². The number of oxazole rings is 1. The number of hydrogen-bond acceptors (Lipinski definition) is 4. The Hall–Kier alpha value is -1.62. The molecule has 0 aromatic carbocycles. The lowest BCUT2D eigenvalue weighted by Crippen LogP contribution is -2.04. The van der Waals surface area contributed by atoms with E-state index in [0.29, 0.717) is 12.6 Å². The van der Waals surface area contributed by atoms with Crippen molar-refractivity contribution in [2.45, 2.75) is 20.3 Å². The Balaban J connectivity index is 2.28. The molecular weight excluding hydrogens is 192 g/mol. The summed E-state index contributed by atoms with van der Waals surface area (Å²) in [5.41, 5.74) is 7.29. The lowest BCUT2D eigenvalue weighted by atomic mass is 10.3. The SMILES string of the molecule is Cc1nc(-n2ccc(CCN)n2)oc1C. The molecule has 0 spiro atoms. The summed E-state index contributed by atoms with van der Waals surface area (Å²) < 4.78 is 7.08. The van der Waals surface area contributed by atoms with Crippen LogP contribution in [0.4, 0.5) is 0 Å². The molecule has 0 saturated carbocycles. The van der Waals surface area contributed by atoms with Crippen molar-refractivity contribution in [3.63, 3.8) is 0 Å². The van der Waals surface area contributed by atoms with Crippen LogP contribution in [-0.4, -0.2) is 21.3 Å². The van der Waals surface area contributed by atoms with Crippen molar-refractivity contribution in [1.29, 1.82) is 0 Å². The number of rotatable bonds is 3. The van der Waals surface area contributed by atoms with Crippen LogP contribution in [0.1, 0.15) is 17.1 Å². The average molecular weight is 206 g/mol. The van der Waals surface area contributed by atoms with Crippen molar-refractivity contribution in [3.05, 3.63) is 29.4 Å². The molecule has 2 heterocycles.